The zero-order valence-electron chi connectivity index (χ0n) is 12.9. The van der Waals surface area contributed by atoms with Crippen LogP contribution in [0.1, 0.15) is 30.9 Å². The molecule has 3 nitrogen and oxygen atoms in total. The quantitative estimate of drug-likeness (QED) is 0.758. The first-order valence-corrected chi connectivity index (χ1v) is 8.72. The standard InChI is InChI=1S/C18H20Cl2N2O/c19-15-6-3-7-16(20)18(15)23-12-11-22-10-2-1-8-17(22)14-5-4-9-21-13-14/h3-7,9,13,17H,1-2,8,10-12H2/t17-/m1/s1. The number of para-hydroxylation sites is 1. The van der Waals surface area contributed by atoms with Gasteiger partial charge in [0, 0.05) is 25.0 Å². The smallest absolute Gasteiger partial charge is 0.156 e. The summed E-state index contributed by atoms with van der Waals surface area (Å²) in [6.45, 7) is 2.50. The second kappa shape index (κ2) is 8.00. The third-order valence-electron chi connectivity index (χ3n) is 4.23. The number of benzene rings is 1. The molecule has 0 radical (unpaired) electrons. The third kappa shape index (κ3) is 4.17. The predicted molar refractivity (Wildman–Crippen MR) is 94.4 cm³/mol. The number of nitrogens with zero attached hydrogens (tertiary/aromatic N) is 2. The molecule has 0 saturated carbocycles. The molecule has 1 aromatic heterocycles. The van der Waals surface area contributed by atoms with Crippen LogP contribution < -0.4 is 4.74 Å². The lowest BCUT2D eigenvalue weighted by Crippen LogP contribution is -2.36. The van der Waals surface area contributed by atoms with Gasteiger partial charge in [0.1, 0.15) is 6.61 Å². The van der Waals surface area contributed by atoms with Crippen LogP contribution in [0.2, 0.25) is 10.0 Å². The Kier molecular flexibility index (Phi) is 5.76. The van der Waals surface area contributed by atoms with Crippen molar-refractivity contribution in [2.24, 2.45) is 0 Å². The number of likely N-dealkylation sites (tertiary alicyclic amines) is 1. The molecule has 1 aromatic carbocycles. The highest BCUT2D eigenvalue weighted by atomic mass is 35.5. The van der Waals surface area contributed by atoms with Crippen LogP contribution in [0.25, 0.3) is 0 Å². The molecule has 1 atom stereocenters. The average molecular weight is 351 g/mol. The Labute approximate surface area is 147 Å². The summed E-state index contributed by atoms with van der Waals surface area (Å²) >= 11 is 12.3. The first kappa shape index (κ1) is 16.6. The van der Waals surface area contributed by atoms with Gasteiger partial charge in [0.2, 0.25) is 0 Å². The molecule has 0 spiro atoms. The van der Waals surface area contributed by atoms with Gasteiger partial charge in [-0.3, -0.25) is 9.88 Å². The Hall–Kier alpha value is -1.29. The van der Waals surface area contributed by atoms with Gasteiger partial charge in [-0.05, 0) is 43.1 Å². The monoisotopic (exact) mass is 350 g/mol. The van der Waals surface area contributed by atoms with Crippen LogP contribution in [0.15, 0.2) is 42.7 Å². The van der Waals surface area contributed by atoms with Gasteiger partial charge in [0.15, 0.2) is 5.75 Å². The van der Waals surface area contributed by atoms with E-state index in [1.165, 1.54) is 24.8 Å². The van der Waals surface area contributed by atoms with E-state index >= 15 is 0 Å². The SMILES string of the molecule is Clc1cccc(Cl)c1OCCN1CCCC[C@@H]1c1cccnc1. The minimum atomic E-state index is 0.419. The normalized spacial score (nSPS) is 18.8. The largest absolute Gasteiger partial charge is 0.489 e. The van der Waals surface area contributed by atoms with Gasteiger partial charge in [0.25, 0.3) is 0 Å². The molecule has 0 unspecified atom stereocenters. The van der Waals surface area contributed by atoms with Gasteiger partial charge in [-0.25, -0.2) is 0 Å². The van der Waals surface area contributed by atoms with Crippen LogP contribution in [0.3, 0.4) is 0 Å². The van der Waals surface area contributed by atoms with Crippen molar-refractivity contribution in [1.82, 2.24) is 9.88 Å². The lowest BCUT2D eigenvalue weighted by molar-refractivity contribution is 0.123. The number of hydrogen-bond acceptors (Lipinski definition) is 3. The molecule has 1 fully saturated rings. The van der Waals surface area contributed by atoms with Crippen molar-refractivity contribution in [3.05, 3.63) is 58.3 Å². The van der Waals surface area contributed by atoms with Gasteiger partial charge in [0.05, 0.1) is 10.0 Å². The molecule has 2 aromatic rings. The van der Waals surface area contributed by atoms with E-state index in [-0.39, 0.29) is 0 Å². The Morgan fingerprint density at radius 2 is 1.96 bits per heavy atom. The third-order valence-corrected chi connectivity index (χ3v) is 4.82. The fraction of sp³-hybridized carbons (Fsp3) is 0.389. The first-order valence-electron chi connectivity index (χ1n) is 7.96. The van der Waals surface area contributed by atoms with Gasteiger partial charge in [-0.15, -0.1) is 0 Å². The van der Waals surface area contributed by atoms with E-state index in [1.807, 2.05) is 24.5 Å². The number of ether oxygens (including phenoxy) is 1. The highest BCUT2D eigenvalue weighted by Gasteiger charge is 2.23. The summed E-state index contributed by atoms with van der Waals surface area (Å²) < 4.78 is 5.83. The van der Waals surface area contributed by atoms with Crippen LogP contribution in [0, 0.1) is 0 Å². The van der Waals surface area contributed by atoms with Crippen LogP contribution in [0.4, 0.5) is 0 Å². The summed E-state index contributed by atoms with van der Waals surface area (Å²) in [5.41, 5.74) is 1.28. The Bertz CT molecular complexity index is 616. The zero-order chi connectivity index (χ0) is 16.1. The maximum atomic E-state index is 6.14. The van der Waals surface area contributed by atoms with Crippen LogP contribution in [0.5, 0.6) is 5.75 Å². The minimum absolute atomic E-state index is 0.419. The maximum absolute atomic E-state index is 6.14. The second-order valence-electron chi connectivity index (χ2n) is 5.73. The van der Waals surface area contributed by atoms with E-state index < -0.39 is 0 Å². The van der Waals surface area contributed by atoms with E-state index in [0.29, 0.717) is 28.4 Å². The molecule has 23 heavy (non-hydrogen) atoms. The maximum Gasteiger partial charge on any atom is 0.156 e. The first-order chi connectivity index (χ1) is 11.3. The van der Waals surface area contributed by atoms with Gasteiger partial charge in [-0.1, -0.05) is 41.8 Å². The minimum Gasteiger partial charge on any atom is -0.489 e. The van der Waals surface area contributed by atoms with Gasteiger partial charge in [-0.2, -0.15) is 0 Å². The molecule has 0 amide bonds. The van der Waals surface area contributed by atoms with Crippen LogP contribution in [-0.4, -0.2) is 29.6 Å². The summed E-state index contributed by atoms with van der Waals surface area (Å²) in [4.78, 5) is 6.72. The molecule has 3 rings (SSSR count). The lowest BCUT2D eigenvalue weighted by atomic mass is 9.96. The number of halogens is 2. The molecular weight excluding hydrogens is 331 g/mol. The number of hydrogen-bond donors (Lipinski definition) is 0. The summed E-state index contributed by atoms with van der Waals surface area (Å²) in [6.07, 6.45) is 7.43. The van der Waals surface area contributed by atoms with E-state index in [2.05, 4.69) is 16.0 Å². The predicted octanol–water partition coefficient (Wildman–Crippen LogP) is 4.99. The molecular formula is C18H20Cl2N2O. The molecule has 2 heterocycles. The number of piperidine rings is 1. The average Bonchev–Trinajstić information content (AvgIpc) is 2.59. The van der Waals surface area contributed by atoms with E-state index in [1.54, 1.807) is 12.1 Å². The van der Waals surface area contributed by atoms with Crippen molar-refractivity contribution in [2.75, 3.05) is 19.7 Å². The Morgan fingerprint density at radius 1 is 1.13 bits per heavy atom. The molecule has 5 heteroatoms. The van der Waals surface area contributed by atoms with E-state index in [4.69, 9.17) is 27.9 Å². The molecule has 122 valence electrons. The Morgan fingerprint density at radius 3 is 2.70 bits per heavy atom. The van der Waals surface area contributed by atoms with Crippen LogP contribution in [-0.2, 0) is 0 Å². The molecule has 0 bridgehead atoms. The summed E-state index contributed by atoms with van der Waals surface area (Å²) in [5.74, 6) is 0.575. The van der Waals surface area contributed by atoms with Crippen molar-refractivity contribution in [3.63, 3.8) is 0 Å². The van der Waals surface area contributed by atoms with Crippen molar-refractivity contribution in [1.29, 1.82) is 0 Å². The van der Waals surface area contributed by atoms with Gasteiger partial charge >= 0.3 is 0 Å². The zero-order valence-corrected chi connectivity index (χ0v) is 14.4. The molecule has 0 aliphatic carbocycles. The van der Waals surface area contributed by atoms with Crippen molar-refractivity contribution in [2.45, 2.75) is 25.3 Å². The van der Waals surface area contributed by atoms with E-state index in [9.17, 15) is 0 Å². The summed E-state index contributed by atoms with van der Waals surface area (Å²) in [5, 5.41) is 1.11. The fourth-order valence-electron chi connectivity index (χ4n) is 3.09. The van der Waals surface area contributed by atoms with E-state index in [0.717, 1.165) is 13.1 Å². The number of pyridine rings is 1. The summed E-state index contributed by atoms with van der Waals surface area (Å²) in [6, 6.07) is 9.98. The topological polar surface area (TPSA) is 25.4 Å². The molecule has 1 aliphatic rings. The van der Waals surface area contributed by atoms with Crippen molar-refractivity contribution in [3.8, 4) is 5.75 Å². The van der Waals surface area contributed by atoms with Crippen molar-refractivity contribution >= 4 is 23.2 Å². The summed E-state index contributed by atoms with van der Waals surface area (Å²) in [7, 11) is 0. The number of rotatable bonds is 5. The van der Waals surface area contributed by atoms with Crippen molar-refractivity contribution < 1.29 is 4.74 Å². The lowest BCUT2D eigenvalue weighted by Gasteiger charge is -2.35. The van der Waals surface area contributed by atoms with Crippen LogP contribution >= 0.6 is 23.2 Å². The highest BCUT2D eigenvalue weighted by molar-refractivity contribution is 6.37. The molecule has 1 saturated heterocycles. The second-order valence-corrected chi connectivity index (χ2v) is 6.55. The molecule has 0 N–H and O–H groups in total. The van der Waals surface area contributed by atoms with Gasteiger partial charge < -0.3 is 4.74 Å². The Balaban J connectivity index is 1.62. The fourth-order valence-corrected chi connectivity index (χ4v) is 3.60. The number of aromatic nitrogens is 1. The molecule has 1 aliphatic heterocycles. The highest BCUT2D eigenvalue weighted by Crippen LogP contribution is 2.33.